The molecule has 1 aromatic carbocycles. The molecule has 1 aromatic rings. The topological polar surface area (TPSA) is 38.5 Å². The lowest BCUT2D eigenvalue weighted by atomic mass is 10.1. The normalized spacial score (nSPS) is 17.6. The third-order valence-corrected chi connectivity index (χ3v) is 4.15. The molecule has 0 aliphatic carbocycles. The van der Waals surface area contributed by atoms with E-state index in [1.807, 2.05) is 6.07 Å². The predicted octanol–water partition coefficient (Wildman–Crippen LogP) is 3.19. The van der Waals surface area contributed by atoms with Crippen LogP contribution in [0.3, 0.4) is 0 Å². The molecule has 1 fully saturated rings. The number of halogens is 2. The van der Waals surface area contributed by atoms with Crippen LogP contribution in [0.5, 0.6) is 5.75 Å². The Morgan fingerprint density at radius 2 is 1.95 bits per heavy atom. The van der Waals surface area contributed by atoms with Crippen LogP contribution in [0.15, 0.2) is 18.2 Å². The van der Waals surface area contributed by atoms with Gasteiger partial charge in [-0.2, -0.15) is 0 Å². The lowest BCUT2D eigenvalue weighted by Crippen LogP contribution is -2.39. The maximum Gasteiger partial charge on any atom is 0.121 e. The number of likely N-dealkylation sites (tertiary alicyclic amines) is 1. The SMILES string of the molecule is NCCCN1CCC(Oc2ccc(Cl)c(Cl)c2)CC1. The zero-order valence-electron chi connectivity index (χ0n) is 10.9. The van der Waals surface area contributed by atoms with Crippen LogP contribution >= 0.6 is 23.2 Å². The molecule has 1 aliphatic rings. The summed E-state index contributed by atoms with van der Waals surface area (Å²) in [7, 11) is 0. The molecule has 0 radical (unpaired) electrons. The minimum absolute atomic E-state index is 0.270. The summed E-state index contributed by atoms with van der Waals surface area (Å²) in [6.07, 6.45) is 3.43. The fourth-order valence-corrected chi connectivity index (χ4v) is 2.60. The summed E-state index contributed by atoms with van der Waals surface area (Å²) in [6.45, 7) is 4.01. The molecule has 0 spiro atoms. The maximum atomic E-state index is 5.98. The van der Waals surface area contributed by atoms with Crippen molar-refractivity contribution in [3.05, 3.63) is 28.2 Å². The number of hydrogen-bond donors (Lipinski definition) is 1. The quantitative estimate of drug-likeness (QED) is 0.908. The van der Waals surface area contributed by atoms with E-state index in [1.54, 1.807) is 12.1 Å². The van der Waals surface area contributed by atoms with Crippen LogP contribution in [0.2, 0.25) is 10.0 Å². The van der Waals surface area contributed by atoms with Gasteiger partial charge < -0.3 is 15.4 Å². The minimum Gasteiger partial charge on any atom is -0.490 e. The molecule has 0 atom stereocenters. The van der Waals surface area contributed by atoms with Crippen LogP contribution in [0, 0.1) is 0 Å². The number of benzene rings is 1. The Balaban J connectivity index is 1.80. The van der Waals surface area contributed by atoms with E-state index in [2.05, 4.69) is 4.90 Å². The molecule has 0 bridgehead atoms. The van der Waals surface area contributed by atoms with Crippen molar-refractivity contribution < 1.29 is 4.74 Å². The first-order valence-electron chi connectivity index (χ1n) is 6.73. The van der Waals surface area contributed by atoms with E-state index in [1.165, 1.54) is 0 Å². The molecule has 0 aromatic heterocycles. The molecule has 2 rings (SSSR count). The fraction of sp³-hybridized carbons (Fsp3) is 0.571. The predicted molar refractivity (Wildman–Crippen MR) is 80.2 cm³/mol. The average molecular weight is 303 g/mol. The van der Waals surface area contributed by atoms with E-state index in [4.69, 9.17) is 33.7 Å². The molecule has 1 saturated heterocycles. The van der Waals surface area contributed by atoms with Gasteiger partial charge >= 0.3 is 0 Å². The highest BCUT2D eigenvalue weighted by molar-refractivity contribution is 6.42. The third kappa shape index (κ3) is 4.53. The van der Waals surface area contributed by atoms with Gasteiger partial charge in [-0.25, -0.2) is 0 Å². The van der Waals surface area contributed by atoms with Crippen LogP contribution in [-0.2, 0) is 0 Å². The monoisotopic (exact) mass is 302 g/mol. The van der Waals surface area contributed by atoms with E-state index < -0.39 is 0 Å². The van der Waals surface area contributed by atoms with Crippen molar-refractivity contribution >= 4 is 23.2 Å². The van der Waals surface area contributed by atoms with Gasteiger partial charge in [-0.05, 0) is 44.5 Å². The second kappa shape index (κ2) is 7.34. The van der Waals surface area contributed by atoms with Crippen molar-refractivity contribution in [2.24, 2.45) is 5.73 Å². The first kappa shape index (κ1) is 14.9. The molecule has 3 nitrogen and oxygen atoms in total. The molecule has 106 valence electrons. The molecule has 19 heavy (non-hydrogen) atoms. The highest BCUT2D eigenvalue weighted by Crippen LogP contribution is 2.28. The van der Waals surface area contributed by atoms with Crippen molar-refractivity contribution in [2.45, 2.75) is 25.4 Å². The molecule has 2 N–H and O–H groups in total. The van der Waals surface area contributed by atoms with Crippen molar-refractivity contribution in [2.75, 3.05) is 26.2 Å². The molecule has 0 unspecified atom stereocenters. The second-order valence-corrected chi connectivity index (χ2v) is 5.69. The average Bonchev–Trinajstić information content (AvgIpc) is 2.42. The van der Waals surface area contributed by atoms with Gasteiger partial charge in [-0.15, -0.1) is 0 Å². The summed E-state index contributed by atoms with van der Waals surface area (Å²) >= 11 is 11.9. The molecular weight excluding hydrogens is 283 g/mol. The fourth-order valence-electron chi connectivity index (χ4n) is 2.31. The van der Waals surface area contributed by atoms with Gasteiger partial charge in [0.2, 0.25) is 0 Å². The van der Waals surface area contributed by atoms with Crippen LogP contribution in [-0.4, -0.2) is 37.2 Å². The van der Waals surface area contributed by atoms with Crippen LogP contribution < -0.4 is 10.5 Å². The van der Waals surface area contributed by atoms with Crippen molar-refractivity contribution in [3.8, 4) is 5.75 Å². The largest absolute Gasteiger partial charge is 0.490 e. The van der Waals surface area contributed by atoms with E-state index >= 15 is 0 Å². The van der Waals surface area contributed by atoms with Gasteiger partial charge in [0.25, 0.3) is 0 Å². The molecule has 0 saturated carbocycles. The number of piperidine rings is 1. The summed E-state index contributed by atoms with van der Waals surface area (Å²) in [4.78, 5) is 2.45. The number of hydrogen-bond acceptors (Lipinski definition) is 3. The standard InChI is InChI=1S/C14H20Cl2N2O/c15-13-3-2-12(10-14(13)16)19-11-4-8-18(9-5-11)7-1-6-17/h2-3,10-11H,1,4-9,17H2. The van der Waals surface area contributed by atoms with Crippen LogP contribution in [0.1, 0.15) is 19.3 Å². The summed E-state index contributed by atoms with van der Waals surface area (Å²) < 4.78 is 5.95. The molecule has 5 heteroatoms. The lowest BCUT2D eigenvalue weighted by molar-refractivity contribution is 0.100. The van der Waals surface area contributed by atoms with E-state index in [9.17, 15) is 0 Å². The third-order valence-electron chi connectivity index (χ3n) is 3.41. The number of nitrogens with zero attached hydrogens (tertiary/aromatic N) is 1. The van der Waals surface area contributed by atoms with E-state index in [-0.39, 0.29) is 6.10 Å². The highest BCUT2D eigenvalue weighted by Gasteiger charge is 2.20. The first-order chi connectivity index (χ1) is 9.19. The Kier molecular flexibility index (Phi) is 5.76. The number of rotatable bonds is 5. The van der Waals surface area contributed by atoms with Crippen LogP contribution in [0.25, 0.3) is 0 Å². The Morgan fingerprint density at radius 3 is 2.58 bits per heavy atom. The van der Waals surface area contributed by atoms with Crippen molar-refractivity contribution in [1.82, 2.24) is 4.90 Å². The van der Waals surface area contributed by atoms with Gasteiger partial charge in [-0.3, -0.25) is 0 Å². The Morgan fingerprint density at radius 1 is 1.21 bits per heavy atom. The summed E-state index contributed by atoms with van der Waals surface area (Å²) in [5.41, 5.74) is 5.53. The smallest absolute Gasteiger partial charge is 0.121 e. The molecule has 1 heterocycles. The first-order valence-corrected chi connectivity index (χ1v) is 7.49. The molecule has 0 amide bonds. The lowest BCUT2D eigenvalue weighted by Gasteiger charge is -2.32. The summed E-state index contributed by atoms with van der Waals surface area (Å²) in [5.74, 6) is 0.801. The van der Waals surface area contributed by atoms with Gasteiger partial charge in [0, 0.05) is 19.2 Å². The number of nitrogens with two attached hydrogens (primary N) is 1. The zero-order valence-corrected chi connectivity index (χ0v) is 12.5. The van der Waals surface area contributed by atoms with E-state index in [0.29, 0.717) is 10.0 Å². The zero-order chi connectivity index (χ0) is 13.7. The molecular formula is C14H20Cl2N2O. The Hall–Kier alpha value is -0.480. The number of ether oxygens (including phenoxy) is 1. The summed E-state index contributed by atoms with van der Waals surface area (Å²) in [5, 5.41) is 1.10. The molecule has 1 aliphatic heterocycles. The maximum absolute atomic E-state index is 5.98. The van der Waals surface area contributed by atoms with Crippen molar-refractivity contribution in [1.29, 1.82) is 0 Å². The van der Waals surface area contributed by atoms with Gasteiger partial charge in [0.1, 0.15) is 11.9 Å². The minimum atomic E-state index is 0.270. The van der Waals surface area contributed by atoms with Gasteiger partial charge in [-0.1, -0.05) is 23.2 Å². The van der Waals surface area contributed by atoms with Gasteiger partial charge in [0.15, 0.2) is 0 Å². The summed E-state index contributed by atoms with van der Waals surface area (Å²) in [6, 6.07) is 5.43. The Labute approximate surface area is 124 Å². The Bertz CT molecular complexity index is 406. The highest BCUT2D eigenvalue weighted by atomic mass is 35.5. The van der Waals surface area contributed by atoms with Crippen LogP contribution in [0.4, 0.5) is 0 Å². The second-order valence-electron chi connectivity index (χ2n) is 4.88. The van der Waals surface area contributed by atoms with Gasteiger partial charge in [0.05, 0.1) is 10.0 Å². The van der Waals surface area contributed by atoms with E-state index in [0.717, 1.165) is 51.2 Å². The van der Waals surface area contributed by atoms with Crippen molar-refractivity contribution in [3.63, 3.8) is 0 Å².